The van der Waals surface area contributed by atoms with Crippen molar-refractivity contribution in [3.05, 3.63) is 47.6 Å². The van der Waals surface area contributed by atoms with Crippen molar-refractivity contribution in [2.24, 2.45) is 35.5 Å². The fraction of sp³-hybridized carbons (Fsp3) is 0.772. The van der Waals surface area contributed by atoms with Crippen LogP contribution in [-0.4, -0.2) is 169 Å². The van der Waals surface area contributed by atoms with Gasteiger partial charge in [0.1, 0.15) is 30.1 Å². The van der Waals surface area contributed by atoms with E-state index in [1.165, 1.54) is 26.2 Å². The molecular formula is C57H91NO16S. The van der Waals surface area contributed by atoms with Crippen molar-refractivity contribution in [3.63, 3.8) is 0 Å². The van der Waals surface area contributed by atoms with Crippen molar-refractivity contribution in [2.45, 2.75) is 180 Å². The highest BCUT2D eigenvalue weighted by atomic mass is 32.2. The van der Waals surface area contributed by atoms with Crippen LogP contribution < -0.4 is 0 Å². The number of allylic oxidation sites excluding steroid dienone is 6. The number of sulfone groups is 1. The Bertz CT molecular complexity index is 2120. The second-order valence-electron chi connectivity index (χ2n) is 21.8. The molecule has 0 aromatic rings. The van der Waals surface area contributed by atoms with Crippen molar-refractivity contribution in [1.82, 2.24) is 4.90 Å². The van der Waals surface area contributed by atoms with Gasteiger partial charge in [0.15, 0.2) is 15.6 Å². The molecular weight excluding hydrogens is 987 g/mol. The molecule has 17 nitrogen and oxygen atoms in total. The fourth-order valence-corrected chi connectivity index (χ4v) is 12.2. The van der Waals surface area contributed by atoms with Gasteiger partial charge >= 0.3 is 5.97 Å². The second-order valence-corrected chi connectivity index (χ2v) is 24.1. The van der Waals surface area contributed by atoms with Crippen LogP contribution in [0.15, 0.2) is 47.6 Å². The predicted molar refractivity (Wildman–Crippen MR) is 284 cm³/mol. The maximum Gasteiger partial charge on any atom is 0.329 e. The molecule has 3 heterocycles. The minimum Gasteiger partial charge on any atom is -0.460 e. The Hall–Kier alpha value is -3.46. The topological polar surface area (TPSA) is 217 Å². The number of rotatable bonds is 14. The van der Waals surface area contributed by atoms with Crippen LogP contribution in [0, 0.1) is 35.5 Å². The molecule has 18 heteroatoms. The molecule has 426 valence electrons. The van der Waals surface area contributed by atoms with E-state index in [0.717, 1.165) is 24.8 Å². The third-order valence-corrected chi connectivity index (χ3v) is 17.6. The number of amides is 1. The Kier molecular flexibility index (Phi) is 26.2. The third kappa shape index (κ3) is 18.3. The SMILES string of the molecule is COCCS(=O)(=O)CCO[C@@H]1C[C@@H]2CC[C@@H](C)[C@@](O)(O2)C(=O)C(=O)N2CCCC[C@H]2C(=O)O[C@H]([C@H](C)C[C@@H]2CC[C@@H](OC)[C@H](OC)C2)CC(=O)[C@H](C)/C=C(\C)[C@@H](OC)[C@@H](OC)C(=O)[C@H](C)C[C@H](C)/C=C/C=CC=C1C. The van der Waals surface area contributed by atoms with Crippen molar-refractivity contribution >= 4 is 39.1 Å². The van der Waals surface area contributed by atoms with Gasteiger partial charge in [0.05, 0.1) is 49.1 Å². The molecule has 3 fully saturated rings. The minimum atomic E-state index is -3.50. The summed E-state index contributed by atoms with van der Waals surface area (Å²) < 4.78 is 72.5. The first-order valence-corrected chi connectivity index (χ1v) is 29.0. The molecule has 0 aromatic carbocycles. The van der Waals surface area contributed by atoms with Gasteiger partial charge in [0.2, 0.25) is 5.79 Å². The number of aliphatic hydroxyl groups is 1. The Labute approximate surface area is 447 Å². The summed E-state index contributed by atoms with van der Waals surface area (Å²) in [4.78, 5) is 73.2. The Morgan fingerprint density at radius 2 is 1.48 bits per heavy atom. The van der Waals surface area contributed by atoms with Crippen molar-refractivity contribution in [3.8, 4) is 0 Å². The highest BCUT2D eigenvalue weighted by Crippen LogP contribution is 2.38. The lowest BCUT2D eigenvalue weighted by Gasteiger charge is -2.43. The third-order valence-electron chi connectivity index (χ3n) is 16.0. The summed E-state index contributed by atoms with van der Waals surface area (Å²) in [6, 6.07) is -1.17. The molecule has 0 unspecified atom stereocenters. The second kappa shape index (κ2) is 30.6. The molecule has 3 aliphatic heterocycles. The molecule has 75 heavy (non-hydrogen) atoms. The van der Waals surface area contributed by atoms with Crippen LogP contribution in [0.3, 0.4) is 0 Å². The van der Waals surface area contributed by atoms with Gasteiger partial charge in [-0.1, -0.05) is 71.1 Å². The molecule has 4 aliphatic rings. The molecule has 2 saturated heterocycles. The highest BCUT2D eigenvalue weighted by molar-refractivity contribution is 7.91. The summed E-state index contributed by atoms with van der Waals surface area (Å²) in [6.45, 7) is 12.8. The lowest BCUT2D eigenvalue weighted by Crippen LogP contribution is -2.61. The number of piperidine rings is 1. The smallest absolute Gasteiger partial charge is 0.329 e. The van der Waals surface area contributed by atoms with Crippen LogP contribution in [-0.2, 0) is 71.7 Å². The largest absolute Gasteiger partial charge is 0.460 e. The van der Waals surface area contributed by atoms with E-state index < -0.39 is 87.6 Å². The van der Waals surface area contributed by atoms with E-state index in [2.05, 4.69) is 0 Å². The van der Waals surface area contributed by atoms with Crippen molar-refractivity contribution in [2.75, 3.05) is 66.8 Å². The lowest BCUT2D eigenvalue weighted by molar-refractivity contribution is -0.266. The molecule has 4 rings (SSSR count). The zero-order chi connectivity index (χ0) is 55.6. The predicted octanol–water partition coefficient (Wildman–Crippen LogP) is 6.92. The average molecular weight is 1080 g/mol. The number of esters is 1. The van der Waals surface area contributed by atoms with Gasteiger partial charge in [-0.3, -0.25) is 19.2 Å². The molecule has 0 aromatic heterocycles. The van der Waals surface area contributed by atoms with E-state index in [4.69, 9.17) is 37.9 Å². The number of ether oxygens (including phenoxy) is 8. The first kappa shape index (κ1) is 64.1. The number of methoxy groups -OCH3 is 5. The van der Waals surface area contributed by atoms with Crippen LogP contribution in [0.25, 0.3) is 0 Å². The normalized spacial score (nSPS) is 35.7. The van der Waals surface area contributed by atoms with Gasteiger partial charge in [0.25, 0.3) is 11.7 Å². The first-order chi connectivity index (χ1) is 35.5. The Morgan fingerprint density at radius 3 is 2.15 bits per heavy atom. The maximum absolute atomic E-state index is 14.6. The van der Waals surface area contributed by atoms with E-state index in [0.29, 0.717) is 44.1 Å². The van der Waals surface area contributed by atoms with Crippen molar-refractivity contribution < 1.29 is 75.4 Å². The number of ketones is 3. The zero-order valence-corrected chi connectivity index (χ0v) is 47.8. The van der Waals surface area contributed by atoms with E-state index in [-0.39, 0.29) is 92.1 Å². The molecule has 1 aliphatic carbocycles. The summed E-state index contributed by atoms with van der Waals surface area (Å²) in [5, 5.41) is 12.2. The summed E-state index contributed by atoms with van der Waals surface area (Å²) >= 11 is 0. The summed E-state index contributed by atoms with van der Waals surface area (Å²) in [5.74, 6) is -8.37. The molecule has 15 atom stereocenters. The number of cyclic esters (lactones) is 1. The molecule has 2 bridgehead atoms. The van der Waals surface area contributed by atoms with Crippen LogP contribution in [0.2, 0.25) is 0 Å². The number of carbonyl (C=O) groups is 5. The van der Waals surface area contributed by atoms with Crippen LogP contribution in [0.4, 0.5) is 0 Å². The summed E-state index contributed by atoms with van der Waals surface area (Å²) in [7, 11) is 4.23. The Balaban J connectivity index is 1.74. The van der Waals surface area contributed by atoms with Gasteiger partial charge in [0, 0.05) is 72.7 Å². The number of fused-ring (bicyclic) bond motifs is 3. The summed E-state index contributed by atoms with van der Waals surface area (Å²) in [6.07, 6.45) is 12.3. The molecule has 0 spiro atoms. The van der Waals surface area contributed by atoms with E-state index in [1.807, 2.05) is 58.1 Å². The lowest BCUT2D eigenvalue weighted by atomic mass is 9.78. The standard InChI is InChI=1S/C57H91NO16S/c1-36-18-14-13-15-19-37(2)48(72-27-29-75(65,66)28-26-67-8)34-44-23-21-42(7)57(64,74-44)54(61)55(62)58-25-17-16-20-45(58)56(63)73-49(39(4)32-43-22-24-47(68-9)50(33-43)69-10)35-46(59)38(3)31-41(6)52(70-11)53(71-12)51(60)40(5)30-36/h13-15,18-19,31,36,38-40,42-45,47-50,52-53,64H,16-17,20-30,32-35H2,1-12H3/b15-13?,18-14+,37-19?,41-31+/t36-,38-,39-,40-,42-,43+,44+,45+,47-,48-,49+,50-,52-,53+,57-/m1/s1. The Morgan fingerprint density at radius 1 is 0.787 bits per heavy atom. The minimum absolute atomic E-state index is 0.00944. The van der Waals surface area contributed by atoms with Crippen LogP contribution in [0.1, 0.15) is 126 Å². The average Bonchev–Trinajstić information content (AvgIpc) is 3.38. The molecule has 1 amide bonds. The first-order valence-electron chi connectivity index (χ1n) is 27.2. The number of hydrogen-bond donors (Lipinski definition) is 1. The summed E-state index contributed by atoms with van der Waals surface area (Å²) in [5.41, 5.74) is 1.35. The maximum atomic E-state index is 14.6. The highest BCUT2D eigenvalue weighted by Gasteiger charge is 2.53. The van der Waals surface area contributed by atoms with Crippen molar-refractivity contribution in [1.29, 1.82) is 0 Å². The molecule has 1 N–H and O–H groups in total. The van der Waals surface area contributed by atoms with E-state index >= 15 is 0 Å². The zero-order valence-electron chi connectivity index (χ0n) is 47.0. The van der Waals surface area contributed by atoms with Gasteiger partial charge in [-0.25, -0.2) is 13.2 Å². The van der Waals surface area contributed by atoms with Crippen LogP contribution in [0.5, 0.6) is 0 Å². The van der Waals surface area contributed by atoms with Gasteiger partial charge in [-0.2, -0.15) is 0 Å². The van der Waals surface area contributed by atoms with Gasteiger partial charge < -0.3 is 47.9 Å². The van der Waals surface area contributed by atoms with Crippen LogP contribution >= 0.6 is 0 Å². The molecule has 1 saturated carbocycles. The van der Waals surface area contributed by atoms with E-state index in [9.17, 15) is 37.5 Å². The monoisotopic (exact) mass is 1080 g/mol. The number of Topliss-reactive ketones (excluding diaryl/α,β-unsaturated/α-hetero) is 3. The number of hydrogen-bond acceptors (Lipinski definition) is 16. The quantitative estimate of drug-likeness (QED) is 0.106. The van der Waals surface area contributed by atoms with Gasteiger partial charge in [-0.05, 0) is 107 Å². The van der Waals surface area contributed by atoms with Gasteiger partial charge in [-0.15, -0.1) is 0 Å². The fourth-order valence-electron chi connectivity index (χ4n) is 11.2. The molecule has 0 radical (unpaired) electrons. The van der Waals surface area contributed by atoms with E-state index in [1.54, 1.807) is 41.1 Å². The number of nitrogens with zero attached hydrogens (tertiary/aromatic N) is 1. The number of carbonyl (C=O) groups excluding carboxylic acids is 5.